The van der Waals surface area contributed by atoms with Crippen LogP contribution in [0, 0.1) is 0 Å². The number of hydrogen-bond acceptors (Lipinski definition) is 2. The molecular weight excluding hydrogens is 228 g/mol. The number of amides is 2. The lowest BCUT2D eigenvalue weighted by atomic mass is 10.2. The lowest BCUT2D eigenvalue weighted by molar-refractivity contribution is 0.208. The number of nitrogens with zero attached hydrogens (tertiary/aromatic N) is 1. The zero-order valence-corrected chi connectivity index (χ0v) is 10.8. The summed E-state index contributed by atoms with van der Waals surface area (Å²) in [4.78, 5) is 13.7. The van der Waals surface area contributed by atoms with E-state index >= 15 is 0 Å². The van der Waals surface area contributed by atoms with Crippen molar-refractivity contribution >= 4 is 6.03 Å². The zero-order chi connectivity index (χ0) is 12.8. The summed E-state index contributed by atoms with van der Waals surface area (Å²) in [7, 11) is 0. The summed E-state index contributed by atoms with van der Waals surface area (Å²) >= 11 is 0. The number of urea groups is 1. The number of benzene rings is 1. The molecule has 0 aromatic heterocycles. The number of hydrogen-bond donors (Lipinski definition) is 1. The second kappa shape index (κ2) is 6.28. The van der Waals surface area contributed by atoms with Crippen LogP contribution in [-0.2, 0) is 6.54 Å². The maximum absolute atomic E-state index is 11.8. The molecule has 1 heterocycles. The Hall–Kier alpha value is -1.71. The van der Waals surface area contributed by atoms with Crippen molar-refractivity contribution in [2.24, 2.45) is 0 Å². The molecule has 0 bridgehead atoms. The first-order valence-corrected chi connectivity index (χ1v) is 6.54. The predicted octanol–water partition coefficient (Wildman–Crippen LogP) is 2.39. The minimum atomic E-state index is 0.0364. The highest BCUT2D eigenvalue weighted by atomic mass is 16.5. The topological polar surface area (TPSA) is 41.6 Å². The smallest absolute Gasteiger partial charge is 0.317 e. The molecule has 2 rings (SSSR count). The number of carbonyl (C=O) groups excluding carboxylic acids is 1. The third-order valence-electron chi connectivity index (χ3n) is 3.05. The van der Waals surface area contributed by atoms with Gasteiger partial charge in [-0.3, -0.25) is 0 Å². The molecule has 0 radical (unpaired) electrons. The monoisotopic (exact) mass is 248 g/mol. The molecule has 2 amide bonds. The largest absolute Gasteiger partial charge is 0.494 e. The highest BCUT2D eigenvalue weighted by Gasteiger charge is 2.16. The molecule has 1 fully saturated rings. The Kier molecular flexibility index (Phi) is 4.45. The molecule has 1 aromatic carbocycles. The second-order valence-electron chi connectivity index (χ2n) is 4.43. The van der Waals surface area contributed by atoms with Crippen LogP contribution in [0.2, 0.25) is 0 Å². The average Bonchev–Trinajstić information content (AvgIpc) is 2.91. The predicted molar refractivity (Wildman–Crippen MR) is 70.7 cm³/mol. The van der Waals surface area contributed by atoms with Crippen molar-refractivity contribution in [3.63, 3.8) is 0 Å². The Morgan fingerprint density at radius 2 is 2.17 bits per heavy atom. The molecule has 1 aromatic rings. The van der Waals surface area contributed by atoms with Gasteiger partial charge in [0.15, 0.2) is 0 Å². The van der Waals surface area contributed by atoms with Gasteiger partial charge >= 0.3 is 6.03 Å². The molecule has 18 heavy (non-hydrogen) atoms. The Morgan fingerprint density at radius 1 is 1.39 bits per heavy atom. The fourth-order valence-corrected chi connectivity index (χ4v) is 2.12. The molecule has 0 saturated carbocycles. The zero-order valence-electron chi connectivity index (χ0n) is 10.8. The maximum Gasteiger partial charge on any atom is 0.317 e. The Balaban J connectivity index is 1.85. The number of nitrogens with one attached hydrogen (secondary N) is 1. The van der Waals surface area contributed by atoms with Crippen molar-refractivity contribution < 1.29 is 9.53 Å². The third-order valence-corrected chi connectivity index (χ3v) is 3.05. The van der Waals surface area contributed by atoms with E-state index in [1.165, 1.54) is 0 Å². The van der Waals surface area contributed by atoms with Crippen LogP contribution in [0.15, 0.2) is 24.3 Å². The first-order chi connectivity index (χ1) is 8.79. The van der Waals surface area contributed by atoms with E-state index in [0.29, 0.717) is 13.2 Å². The van der Waals surface area contributed by atoms with Crippen LogP contribution in [0.4, 0.5) is 4.79 Å². The lowest BCUT2D eigenvalue weighted by Gasteiger charge is -2.16. The molecule has 1 saturated heterocycles. The van der Waals surface area contributed by atoms with Crippen LogP contribution >= 0.6 is 0 Å². The third kappa shape index (κ3) is 3.39. The van der Waals surface area contributed by atoms with Crippen LogP contribution in [0.1, 0.15) is 25.3 Å². The molecule has 98 valence electrons. The molecule has 0 atom stereocenters. The normalized spacial score (nSPS) is 14.6. The van der Waals surface area contributed by atoms with Gasteiger partial charge in [-0.15, -0.1) is 0 Å². The number of rotatable bonds is 4. The highest BCUT2D eigenvalue weighted by molar-refractivity contribution is 5.74. The summed E-state index contributed by atoms with van der Waals surface area (Å²) in [5.41, 5.74) is 1.06. The number of ether oxygens (including phenoxy) is 1. The summed E-state index contributed by atoms with van der Waals surface area (Å²) < 4.78 is 5.43. The van der Waals surface area contributed by atoms with E-state index in [0.717, 1.165) is 37.2 Å². The van der Waals surface area contributed by atoms with Gasteiger partial charge in [0, 0.05) is 19.6 Å². The summed E-state index contributed by atoms with van der Waals surface area (Å²) in [5, 5.41) is 2.94. The number of likely N-dealkylation sites (tertiary alicyclic amines) is 1. The van der Waals surface area contributed by atoms with Gasteiger partial charge in [-0.05, 0) is 37.5 Å². The molecular formula is C14H20N2O2. The van der Waals surface area contributed by atoms with Gasteiger partial charge in [-0.25, -0.2) is 4.79 Å². The average molecular weight is 248 g/mol. The Bertz CT molecular complexity index is 401. The van der Waals surface area contributed by atoms with E-state index in [4.69, 9.17) is 4.74 Å². The molecule has 4 nitrogen and oxygen atoms in total. The molecule has 0 spiro atoms. The van der Waals surface area contributed by atoms with E-state index in [2.05, 4.69) is 5.32 Å². The van der Waals surface area contributed by atoms with Crippen LogP contribution in [0.5, 0.6) is 5.75 Å². The lowest BCUT2D eigenvalue weighted by Crippen LogP contribution is -2.37. The quantitative estimate of drug-likeness (QED) is 0.889. The Morgan fingerprint density at radius 3 is 2.89 bits per heavy atom. The second-order valence-corrected chi connectivity index (χ2v) is 4.43. The SMILES string of the molecule is CCOc1cccc(CNC(=O)N2CCCC2)c1. The van der Waals surface area contributed by atoms with Crippen molar-refractivity contribution in [3.05, 3.63) is 29.8 Å². The van der Waals surface area contributed by atoms with E-state index < -0.39 is 0 Å². The van der Waals surface area contributed by atoms with E-state index in [-0.39, 0.29) is 6.03 Å². The standard InChI is InChI=1S/C14H20N2O2/c1-2-18-13-7-5-6-12(10-13)11-15-14(17)16-8-3-4-9-16/h5-7,10H,2-4,8-9,11H2,1H3,(H,15,17). The van der Waals surface area contributed by atoms with Crippen molar-refractivity contribution in [2.45, 2.75) is 26.3 Å². The van der Waals surface area contributed by atoms with Crippen molar-refractivity contribution in [2.75, 3.05) is 19.7 Å². The minimum absolute atomic E-state index is 0.0364. The van der Waals surface area contributed by atoms with Gasteiger partial charge in [0.1, 0.15) is 5.75 Å². The Labute approximate surface area is 108 Å². The molecule has 0 unspecified atom stereocenters. The van der Waals surface area contributed by atoms with Gasteiger partial charge in [0.05, 0.1) is 6.61 Å². The fourth-order valence-electron chi connectivity index (χ4n) is 2.12. The van der Waals surface area contributed by atoms with Gasteiger partial charge in [0.25, 0.3) is 0 Å². The van der Waals surface area contributed by atoms with Crippen LogP contribution in [-0.4, -0.2) is 30.6 Å². The summed E-state index contributed by atoms with van der Waals surface area (Å²) in [6.07, 6.45) is 2.24. The minimum Gasteiger partial charge on any atom is -0.494 e. The molecule has 1 aliphatic heterocycles. The summed E-state index contributed by atoms with van der Waals surface area (Å²) in [5.74, 6) is 0.852. The highest BCUT2D eigenvalue weighted by Crippen LogP contribution is 2.13. The van der Waals surface area contributed by atoms with Crippen LogP contribution < -0.4 is 10.1 Å². The molecule has 1 aliphatic rings. The summed E-state index contributed by atoms with van der Waals surface area (Å²) in [6.45, 7) is 4.93. The van der Waals surface area contributed by atoms with Crippen LogP contribution in [0.3, 0.4) is 0 Å². The molecule has 1 N–H and O–H groups in total. The fraction of sp³-hybridized carbons (Fsp3) is 0.500. The van der Waals surface area contributed by atoms with E-state index in [1.54, 1.807) is 0 Å². The first kappa shape index (κ1) is 12.7. The molecule has 0 aliphatic carbocycles. The number of carbonyl (C=O) groups is 1. The van der Waals surface area contributed by atoms with Crippen molar-refractivity contribution in [1.29, 1.82) is 0 Å². The van der Waals surface area contributed by atoms with Gasteiger partial charge < -0.3 is 15.0 Å². The molecule has 4 heteroatoms. The van der Waals surface area contributed by atoms with E-state index in [9.17, 15) is 4.79 Å². The van der Waals surface area contributed by atoms with Gasteiger partial charge in [-0.2, -0.15) is 0 Å². The first-order valence-electron chi connectivity index (χ1n) is 6.54. The van der Waals surface area contributed by atoms with Crippen molar-refractivity contribution in [3.8, 4) is 5.75 Å². The van der Waals surface area contributed by atoms with Gasteiger partial charge in [-0.1, -0.05) is 12.1 Å². The van der Waals surface area contributed by atoms with Crippen molar-refractivity contribution in [1.82, 2.24) is 10.2 Å². The van der Waals surface area contributed by atoms with E-state index in [1.807, 2.05) is 36.1 Å². The van der Waals surface area contributed by atoms with Gasteiger partial charge in [0.2, 0.25) is 0 Å². The van der Waals surface area contributed by atoms with Crippen LogP contribution in [0.25, 0.3) is 0 Å². The maximum atomic E-state index is 11.8. The summed E-state index contributed by atoms with van der Waals surface area (Å²) in [6, 6.07) is 7.87.